The highest BCUT2D eigenvalue weighted by Gasteiger charge is 2.24. The maximum absolute atomic E-state index is 12.5. The Hall–Kier alpha value is -3.93. The Morgan fingerprint density at radius 3 is 2.44 bits per heavy atom. The zero-order valence-electron chi connectivity index (χ0n) is 18.2. The van der Waals surface area contributed by atoms with Crippen LogP contribution in [0.4, 0.5) is 0 Å². The molecule has 2 N–H and O–H groups in total. The summed E-state index contributed by atoms with van der Waals surface area (Å²) >= 11 is 0. The number of carbonyl (C=O) groups excluding carboxylic acids is 2. The summed E-state index contributed by atoms with van der Waals surface area (Å²) in [6, 6.07) is 22.6. The van der Waals surface area contributed by atoms with E-state index in [0.29, 0.717) is 5.75 Å². The Bertz CT molecular complexity index is 1110. The third-order valence-electron chi connectivity index (χ3n) is 4.78. The molecule has 0 aliphatic rings. The average molecular weight is 430 g/mol. The molecule has 164 valence electrons. The van der Waals surface area contributed by atoms with Gasteiger partial charge in [0, 0.05) is 6.21 Å². The van der Waals surface area contributed by atoms with Gasteiger partial charge in [-0.15, -0.1) is 0 Å². The standard InChI is InChI=1S/C26H27N3O3/c1-19(2)25(26(31)29-27-16-8-11-20-9-4-3-5-10-20)28-24(30)18-32-23-15-14-21-12-6-7-13-22(21)17-23/h3-17,19,25H,18H2,1-2H3,(H,28,30)(H,29,31)/b11-8-,27-16?/t25-/m1/s1. The van der Waals surface area contributed by atoms with Gasteiger partial charge in [-0.25, -0.2) is 5.43 Å². The van der Waals surface area contributed by atoms with Crippen molar-refractivity contribution in [2.24, 2.45) is 11.0 Å². The van der Waals surface area contributed by atoms with Crippen molar-refractivity contribution in [1.29, 1.82) is 0 Å². The zero-order valence-corrected chi connectivity index (χ0v) is 18.2. The summed E-state index contributed by atoms with van der Waals surface area (Å²) in [5, 5.41) is 8.78. The van der Waals surface area contributed by atoms with Gasteiger partial charge in [-0.1, -0.05) is 80.6 Å². The molecular weight excluding hydrogens is 402 g/mol. The van der Waals surface area contributed by atoms with Gasteiger partial charge in [0.15, 0.2) is 6.61 Å². The predicted octanol–water partition coefficient (Wildman–Crippen LogP) is 4.17. The number of nitrogens with one attached hydrogen (secondary N) is 2. The van der Waals surface area contributed by atoms with E-state index in [1.54, 1.807) is 6.08 Å². The van der Waals surface area contributed by atoms with E-state index in [-0.39, 0.29) is 24.3 Å². The minimum Gasteiger partial charge on any atom is -0.484 e. The van der Waals surface area contributed by atoms with Crippen LogP contribution in [0.3, 0.4) is 0 Å². The Kier molecular flexibility index (Phi) is 8.15. The molecule has 3 aromatic carbocycles. The van der Waals surface area contributed by atoms with Crippen LogP contribution < -0.4 is 15.5 Å². The molecule has 1 atom stereocenters. The molecule has 0 fully saturated rings. The molecule has 0 radical (unpaired) electrons. The lowest BCUT2D eigenvalue weighted by atomic mass is 10.0. The molecular formula is C26H27N3O3. The molecule has 0 bridgehead atoms. The van der Waals surface area contributed by atoms with Gasteiger partial charge in [0.1, 0.15) is 11.8 Å². The van der Waals surface area contributed by atoms with Crippen LogP contribution in [0, 0.1) is 5.92 Å². The molecule has 3 aromatic rings. The molecule has 3 rings (SSSR count). The van der Waals surface area contributed by atoms with E-state index >= 15 is 0 Å². The first-order valence-electron chi connectivity index (χ1n) is 10.5. The molecule has 2 amide bonds. The molecule has 32 heavy (non-hydrogen) atoms. The van der Waals surface area contributed by atoms with Crippen LogP contribution in [-0.2, 0) is 9.59 Å². The van der Waals surface area contributed by atoms with Crippen molar-refractivity contribution in [3.8, 4) is 5.75 Å². The highest BCUT2D eigenvalue weighted by Crippen LogP contribution is 2.20. The van der Waals surface area contributed by atoms with Crippen molar-refractivity contribution in [2.75, 3.05) is 6.61 Å². The Labute approximate surface area is 188 Å². The maximum Gasteiger partial charge on any atom is 0.262 e. The number of hydrogen-bond acceptors (Lipinski definition) is 4. The van der Waals surface area contributed by atoms with E-state index in [1.807, 2.05) is 92.7 Å². The molecule has 0 saturated heterocycles. The summed E-state index contributed by atoms with van der Waals surface area (Å²) < 4.78 is 5.61. The maximum atomic E-state index is 12.5. The number of ether oxygens (including phenoxy) is 1. The minimum absolute atomic E-state index is 0.116. The largest absolute Gasteiger partial charge is 0.484 e. The van der Waals surface area contributed by atoms with Gasteiger partial charge in [0.05, 0.1) is 0 Å². The summed E-state index contributed by atoms with van der Waals surface area (Å²) in [6.07, 6.45) is 5.10. The molecule has 6 heteroatoms. The van der Waals surface area contributed by atoms with E-state index < -0.39 is 6.04 Å². The number of hydrazone groups is 1. The van der Waals surface area contributed by atoms with Gasteiger partial charge in [0.25, 0.3) is 11.8 Å². The van der Waals surface area contributed by atoms with E-state index in [1.165, 1.54) is 6.21 Å². The van der Waals surface area contributed by atoms with Crippen LogP contribution in [0.2, 0.25) is 0 Å². The third kappa shape index (κ3) is 6.80. The first kappa shape index (κ1) is 22.7. The normalized spacial score (nSPS) is 12.3. The predicted molar refractivity (Wildman–Crippen MR) is 128 cm³/mol. The second-order valence-electron chi connectivity index (χ2n) is 7.61. The summed E-state index contributed by atoms with van der Waals surface area (Å²) in [5.74, 6) is -0.280. The molecule has 0 saturated carbocycles. The number of benzene rings is 3. The van der Waals surface area contributed by atoms with Crippen molar-refractivity contribution >= 4 is 34.9 Å². The Morgan fingerprint density at radius 2 is 1.69 bits per heavy atom. The van der Waals surface area contributed by atoms with E-state index in [2.05, 4.69) is 15.8 Å². The fourth-order valence-corrected chi connectivity index (χ4v) is 3.09. The topological polar surface area (TPSA) is 79.8 Å². The average Bonchev–Trinajstić information content (AvgIpc) is 2.81. The molecule has 0 aliphatic carbocycles. The molecule has 0 aliphatic heterocycles. The van der Waals surface area contributed by atoms with Crippen LogP contribution in [-0.4, -0.2) is 30.7 Å². The lowest BCUT2D eigenvalue weighted by molar-refractivity contribution is -0.131. The van der Waals surface area contributed by atoms with E-state index in [0.717, 1.165) is 16.3 Å². The lowest BCUT2D eigenvalue weighted by Gasteiger charge is -2.20. The van der Waals surface area contributed by atoms with Crippen LogP contribution in [0.5, 0.6) is 5.75 Å². The Balaban J connectivity index is 1.49. The van der Waals surface area contributed by atoms with Gasteiger partial charge in [-0.2, -0.15) is 5.10 Å². The molecule has 6 nitrogen and oxygen atoms in total. The highest BCUT2D eigenvalue weighted by atomic mass is 16.5. The van der Waals surface area contributed by atoms with Crippen molar-refractivity contribution in [1.82, 2.24) is 10.7 Å². The van der Waals surface area contributed by atoms with Crippen LogP contribution in [0.25, 0.3) is 16.8 Å². The summed E-state index contributed by atoms with van der Waals surface area (Å²) in [7, 11) is 0. The van der Waals surface area contributed by atoms with Gasteiger partial charge in [-0.05, 0) is 40.5 Å². The minimum atomic E-state index is -0.724. The number of amides is 2. The quantitative estimate of drug-likeness (QED) is 0.396. The van der Waals surface area contributed by atoms with Crippen molar-refractivity contribution in [3.63, 3.8) is 0 Å². The van der Waals surface area contributed by atoms with Crippen LogP contribution in [0.15, 0.2) is 84.0 Å². The fraction of sp³-hybridized carbons (Fsp3) is 0.192. The number of carbonyl (C=O) groups is 2. The number of hydrogen-bond donors (Lipinski definition) is 2. The SMILES string of the molecule is CC(C)[C@@H](NC(=O)COc1ccc2ccccc2c1)C(=O)NN=C/C=C\c1ccccc1. The molecule has 0 heterocycles. The number of allylic oxidation sites excluding steroid dienone is 1. The van der Waals surface area contributed by atoms with Crippen molar-refractivity contribution < 1.29 is 14.3 Å². The van der Waals surface area contributed by atoms with Crippen LogP contribution in [0.1, 0.15) is 19.4 Å². The van der Waals surface area contributed by atoms with Crippen molar-refractivity contribution in [3.05, 3.63) is 84.4 Å². The molecule has 0 aromatic heterocycles. The summed E-state index contributed by atoms with van der Waals surface area (Å²) in [4.78, 5) is 24.8. The van der Waals surface area contributed by atoms with Crippen LogP contribution >= 0.6 is 0 Å². The smallest absolute Gasteiger partial charge is 0.262 e. The van der Waals surface area contributed by atoms with Gasteiger partial charge in [-0.3, -0.25) is 9.59 Å². The molecule has 0 spiro atoms. The fourth-order valence-electron chi connectivity index (χ4n) is 3.09. The Morgan fingerprint density at radius 1 is 0.969 bits per heavy atom. The third-order valence-corrected chi connectivity index (χ3v) is 4.78. The van der Waals surface area contributed by atoms with E-state index in [9.17, 15) is 9.59 Å². The van der Waals surface area contributed by atoms with E-state index in [4.69, 9.17) is 4.74 Å². The second-order valence-corrected chi connectivity index (χ2v) is 7.61. The van der Waals surface area contributed by atoms with Gasteiger partial charge >= 0.3 is 0 Å². The first-order valence-corrected chi connectivity index (χ1v) is 10.5. The second kappa shape index (κ2) is 11.5. The zero-order chi connectivity index (χ0) is 22.8. The summed E-state index contributed by atoms with van der Waals surface area (Å²) in [6.45, 7) is 3.53. The first-order chi connectivity index (χ1) is 15.5. The number of rotatable bonds is 9. The highest BCUT2D eigenvalue weighted by molar-refractivity contribution is 5.89. The van der Waals surface area contributed by atoms with Gasteiger partial charge < -0.3 is 10.1 Å². The van der Waals surface area contributed by atoms with Crippen molar-refractivity contribution in [2.45, 2.75) is 19.9 Å². The number of fused-ring (bicyclic) bond motifs is 1. The molecule has 0 unspecified atom stereocenters. The van der Waals surface area contributed by atoms with Gasteiger partial charge in [0.2, 0.25) is 0 Å². The lowest BCUT2D eigenvalue weighted by Crippen LogP contribution is -2.49. The number of nitrogens with zero attached hydrogens (tertiary/aromatic N) is 1. The summed E-state index contributed by atoms with van der Waals surface area (Å²) in [5.41, 5.74) is 3.50. The monoisotopic (exact) mass is 429 g/mol.